The molecule has 4 aliphatic rings. The van der Waals surface area contributed by atoms with Crippen molar-refractivity contribution in [3.63, 3.8) is 0 Å². The number of amides is 3. The summed E-state index contributed by atoms with van der Waals surface area (Å²) in [6.07, 6.45) is 8.83. The second kappa shape index (κ2) is 8.98. The van der Waals surface area contributed by atoms with Gasteiger partial charge in [0.2, 0.25) is 11.8 Å². The SMILES string of the molecule is CCCN1CC=C[C@@]2(C)S[C@]34C=CCN(c5ccc(Cl)cc5)C(=O)C3N(CCO)C(=O)[C@@H]4[C@H]2C1=O. The van der Waals surface area contributed by atoms with Crippen LogP contribution < -0.4 is 4.90 Å². The van der Waals surface area contributed by atoms with Crippen molar-refractivity contribution in [1.82, 2.24) is 9.80 Å². The number of carbonyl (C=O) groups excluding carboxylic acids is 3. The number of rotatable bonds is 5. The summed E-state index contributed by atoms with van der Waals surface area (Å²) in [5.74, 6) is -1.76. The standard InChI is InChI=1S/C26H30ClN3O4S/c1-3-12-28-13-4-10-25(2)19(22(28)32)20-23(33)30(15-16-31)21-24(34)29(14-5-11-26(20,21)35-25)18-8-6-17(27)7-9-18/h4-11,19-21,31H,3,12-16H2,1-2H3/t19-,20-,21?,25+,26-/m0/s1. The van der Waals surface area contributed by atoms with Crippen molar-refractivity contribution >= 4 is 46.8 Å². The van der Waals surface area contributed by atoms with Crippen molar-refractivity contribution in [2.24, 2.45) is 11.8 Å². The van der Waals surface area contributed by atoms with E-state index in [1.54, 1.807) is 40.9 Å². The number of hydrogen-bond acceptors (Lipinski definition) is 5. The van der Waals surface area contributed by atoms with E-state index in [1.165, 1.54) is 4.90 Å². The Morgan fingerprint density at radius 2 is 1.71 bits per heavy atom. The third kappa shape index (κ3) is 3.64. The first-order chi connectivity index (χ1) is 16.8. The van der Waals surface area contributed by atoms with Crippen LogP contribution in [0.5, 0.6) is 0 Å². The van der Waals surface area contributed by atoms with E-state index < -0.39 is 27.4 Å². The lowest BCUT2D eigenvalue weighted by Crippen LogP contribution is -2.54. The molecular weight excluding hydrogens is 486 g/mol. The van der Waals surface area contributed by atoms with Crippen molar-refractivity contribution in [3.05, 3.63) is 53.6 Å². The Bertz CT molecular complexity index is 1110. The average molecular weight is 516 g/mol. The van der Waals surface area contributed by atoms with Crippen LogP contribution in [0, 0.1) is 11.8 Å². The number of halogens is 1. The lowest BCUT2D eigenvalue weighted by molar-refractivity contribution is -0.143. The number of aliphatic hydroxyl groups is 1. The molecule has 1 aromatic rings. The van der Waals surface area contributed by atoms with Gasteiger partial charge in [-0.1, -0.05) is 42.8 Å². The van der Waals surface area contributed by atoms with E-state index in [0.29, 0.717) is 30.3 Å². The van der Waals surface area contributed by atoms with Crippen LogP contribution in [0.4, 0.5) is 5.69 Å². The predicted octanol–water partition coefficient (Wildman–Crippen LogP) is 2.73. The highest BCUT2D eigenvalue weighted by atomic mass is 35.5. The van der Waals surface area contributed by atoms with Crippen molar-refractivity contribution in [2.45, 2.75) is 35.8 Å². The van der Waals surface area contributed by atoms with E-state index in [1.807, 2.05) is 37.0 Å². The summed E-state index contributed by atoms with van der Waals surface area (Å²) < 4.78 is -1.53. The van der Waals surface area contributed by atoms with Gasteiger partial charge in [-0.15, -0.1) is 11.8 Å². The second-order valence-electron chi connectivity index (χ2n) is 9.77. The molecule has 1 aromatic carbocycles. The summed E-state index contributed by atoms with van der Waals surface area (Å²) >= 11 is 7.62. The fourth-order valence-corrected chi connectivity index (χ4v) is 8.53. The van der Waals surface area contributed by atoms with Gasteiger partial charge in [-0.05, 0) is 37.6 Å². The Hall–Kier alpha value is -2.29. The van der Waals surface area contributed by atoms with Crippen molar-refractivity contribution in [2.75, 3.05) is 37.7 Å². The number of benzene rings is 1. The van der Waals surface area contributed by atoms with Crippen LogP contribution in [-0.4, -0.2) is 80.9 Å². The maximum atomic E-state index is 14.2. The number of nitrogens with zero attached hydrogens (tertiary/aromatic N) is 3. The molecule has 2 fully saturated rings. The van der Waals surface area contributed by atoms with Gasteiger partial charge in [0, 0.05) is 41.6 Å². The highest BCUT2D eigenvalue weighted by molar-refractivity contribution is 8.02. The van der Waals surface area contributed by atoms with Crippen molar-refractivity contribution < 1.29 is 19.5 Å². The lowest BCUT2D eigenvalue weighted by atomic mass is 9.74. The smallest absolute Gasteiger partial charge is 0.251 e. The Kier molecular flexibility index (Phi) is 6.26. The number of likely N-dealkylation sites (tertiary alicyclic amines) is 1. The van der Waals surface area contributed by atoms with E-state index in [9.17, 15) is 19.5 Å². The molecule has 0 radical (unpaired) electrons. The Balaban J connectivity index is 1.62. The molecule has 4 aliphatic heterocycles. The number of fused-ring (bicyclic) bond motifs is 2. The van der Waals surface area contributed by atoms with Gasteiger partial charge < -0.3 is 19.8 Å². The molecule has 7 nitrogen and oxygen atoms in total. The zero-order chi connectivity index (χ0) is 25.0. The fourth-order valence-electron chi connectivity index (χ4n) is 6.24. The molecule has 0 bridgehead atoms. The van der Waals surface area contributed by atoms with Crippen LogP contribution in [-0.2, 0) is 14.4 Å². The lowest BCUT2D eigenvalue weighted by Gasteiger charge is -2.36. The second-order valence-corrected chi connectivity index (χ2v) is 12.0. The summed E-state index contributed by atoms with van der Waals surface area (Å²) in [5, 5.41) is 10.4. The predicted molar refractivity (Wildman–Crippen MR) is 137 cm³/mol. The van der Waals surface area contributed by atoms with Crippen LogP contribution in [0.25, 0.3) is 0 Å². The van der Waals surface area contributed by atoms with Gasteiger partial charge in [-0.25, -0.2) is 0 Å². The third-order valence-electron chi connectivity index (χ3n) is 7.61. The first-order valence-electron chi connectivity index (χ1n) is 12.1. The van der Waals surface area contributed by atoms with Gasteiger partial charge >= 0.3 is 0 Å². The monoisotopic (exact) mass is 515 g/mol. The first kappa shape index (κ1) is 24.4. The molecule has 35 heavy (non-hydrogen) atoms. The van der Waals surface area contributed by atoms with Gasteiger partial charge in [0.15, 0.2) is 0 Å². The highest BCUT2D eigenvalue weighted by Crippen LogP contribution is 2.65. The van der Waals surface area contributed by atoms with E-state index >= 15 is 0 Å². The zero-order valence-corrected chi connectivity index (χ0v) is 21.5. The summed E-state index contributed by atoms with van der Waals surface area (Å²) in [4.78, 5) is 47.0. The molecule has 5 atom stereocenters. The van der Waals surface area contributed by atoms with E-state index in [-0.39, 0.29) is 30.9 Å². The number of thioether (sulfide) groups is 1. The van der Waals surface area contributed by atoms with Crippen LogP contribution >= 0.6 is 23.4 Å². The van der Waals surface area contributed by atoms with Crippen LogP contribution in [0.1, 0.15) is 20.3 Å². The number of carbonyl (C=O) groups is 3. The van der Waals surface area contributed by atoms with Crippen molar-refractivity contribution in [3.8, 4) is 0 Å². The van der Waals surface area contributed by atoms with Gasteiger partial charge in [0.25, 0.3) is 5.91 Å². The van der Waals surface area contributed by atoms with E-state index in [2.05, 4.69) is 6.08 Å². The maximum absolute atomic E-state index is 14.2. The Morgan fingerprint density at radius 3 is 2.40 bits per heavy atom. The highest BCUT2D eigenvalue weighted by Gasteiger charge is 2.73. The molecule has 0 saturated carbocycles. The molecule has 2 saturated heterocycles. The van der Waals surface area contributed by atoms with Crippen molar-refractivity contribution in [1.29, 1.82) is 0 Å². The molecule has 0 aromatic heterocycles. The third-order valence-corrected chi connectivity index (χ3v) is 9.66. The van der Waals surface area contributed by atoms with E-state index in [0.717, 1.165) is 6.42 Å². The van der Waals surface area contributed by atoms with Crippen LogP contribution in [0.2, 0.25) is 5.02 Å². The largest absolute Gasteiger partial charge is 0.395 e. The molecule has 4 heterocycles. The van der Waals surface area contributed by atoms with Gasteiger partial charge in [-0.2, -0.15) is 0 Å². The molecule has 1 N–H and O–H groups in total. The average Bonchev–Trinajstić information content (AvgIpc) is 3.09. The molecule has 3 amide bonds. The molecule has 0 aliphatic carbocycles. The molecule has 1 unspecified atom stereocenters. The summed E-state index contributed by atoms with van der Waals surface area (Å²) in [5.41, 5.74) is 0.689. The normalized spacial score (nSPS) is 34.1. The molecule has 9 heteroatoms. The molecule has 5 rings (SSSR count). The summed E-state index contributed by atoms with van der Waals surface area (Å²) in [6, 6.07) is 6.23. The minimum atomic E-state index is -0.904. The van der Waals surface area contributed by atoms with Gasteiger partial charge in [0.05, 0.1) is 23.2 Å². The minimum absolute atomic E-state index is 0.0358. The Labute approximate surface area is 214 Å². The fraction of sp³-hybridized carbons (Fsp3) is 0.500. The number of aliphatic hydroxyl groups excluding tert-OH is 1. The topological polar surface area (TPSA) is 81.2 Å². The molecule has 186 valence electrons. The number of β-amino-alcohol motifs (C(OH)–C–C–N with tert-alkyl or cyclic N) is 1. The van der Waals surface area contributed by atoms with Crippen LogP contribution in [0.15, 0.2) is 48.6 Å². The molecule has 1 spiro atoms. The summed E-state index contributed by atoms with van der Waals surface area (Å²) in [6.45, 7) is 5.32. The summed E-state index contributed by atoms with van der Waals surface area (Å²) in [7, 11) is 0. The molecular formula is C26H30ClN3O4S. The number of anilines is 1. The Morgan fingerprint density at radius 1 is 1.00 bits per heavy atom. The number of hydrogen-bond donors (Lipinski definition) is 1. The van der Waals surface area contributed by atoms with Gasteiger partial charge in [0.1, 0.15) is 6.04 Å². The first-order valence-corrected chi connectivity index (χ1v) is 13.3. The minimum Gasteiger partial charge on any atom is -0.395 e. The maximum Gasteiger partial charge on any atom is 0.251 e. The van der Waals surface area contributed by atoms with Gasteiger partial charge in [-0.3, -0.25) is 14.4 Å². The van der Waals surface area contributed by atoms with Crippen LogP contribution in [0.3, 0.4) is 0 Å². The quantitative estimate of drug-likeness (QED) is 0.610. The zero-order valence-electron chi connectivity index (χ0n) is 19.9. The van der Waals surface area contributed by atoms with E-state index in [4.69, 9.17) is 11.6 Å².